The van der Waals surface area contributed by atoms with Gasteiger partial charge in [-0.2, -0.15) is 9.49 Å². The van der Waals surface area contributed by atoms with Crippen molar-refractivity contribution in [1.82, 2.24) is 23.6 Å². The summed E-state index contributed by atoms with van der Waals surface area (Å²) in [6.07, 6.45) is 2.54. The van der Waals surface area contributed by atoms with E-state index in [2.05, 4.69) is 10.1 Å². The lowest BCUT2D eigenvalue weighted by molar-refractivity contribution is 0.0753. The van der Waals surface area contributed by atoms with Crippen LogP contribution in [0.2, 0.25) is 0 Å². The first kappa shape index (κ1) is 24.4. The normalized spacial score (nSPS) is 12.1. The van der Waals surface area contributed by atoms with Crippen molar-refractivity contribution >= 4 is 16.1 Å². The quantitative estimate of drug-likeness (QED) is 0.518. The van der Waals surface area contributed by atoms with Crippen molar-refractivity contribution in [3.8, 4) is 11.3 Å². The second-order valence-corrected chi connectivity index (χ2v) is 10.2. The summed E-state index contributed by atoms with van der Waals surface area (Å²) in [5.41, 5.74) is -1.40. The number of nitrogens with zero attached hydrogens (tertiary/aromatic N) is 5. The topological polar surface area (TPSA) is 99.3 Å². The fourth-order valence-electron chi connectivity index (χ4n) is 2.95. The average molecular weight is 482 g/mol. The van der Waals surface area contributed by atoms with Gasteiger partial charge < -0.3 is 9.64 Å². The molecule has 0 saturated heterocycles. The predicted molar refractivity (Wildman–Crippen MR) is 116 cm³/mol. The standard InChI is InChI=1S/C21H25F2N5O4S/c1-13-16(10-25-27(13)6)33(30,31)28-11-14(12-32-20(29)26(5)21(2,3)4)17(22)18(28)15-8-7-9-24-19(15)23/h7-11H,12H2,1-6H3. The van der Waals surface area contributed by atoms with Gasteiger partial charge in [0.05, 0.1) is 17.5 Å². The van der Waals surface area contributed by atoms with E-state index in [4.69, 9.17) is 4.74 Å². The molecule has 0 saturated carbocycles. The third-order valence-electron chi connectivity index (χ3n) is 5.36. The van der Waals surface area contributed by atoms with Gasteiger partial charge in [-0.3, -0.25) is 4.68 Å². The first-order chi connectivity index (χ1) is 15.3. The van der Waals surface area contributed by atoms with Crippen molar-refractivity contribution in [2.24, 2.45) is 7.05 Å². The zero-order chi connectivity index (χ0) is 24.7. The highest BCUT2D eigenvalue weighted by molar-refractivity contribution is 7.90. The predicted octanol–water partition coefficient (Wildman–Crippen LogP) is 3.47. The van der Waals surface area contributed by atoms with E-state index in [0.717, 1.165) is 18.6 Å². The molecule has 0 aromatic carbocycles. The molecule has 0 aliphatic heterocycles. The van der Waals surface area contributed by atoms with E-state index in [-0.39, 0.29) is 16.0 Å². The van der Waals surface area contributed by atoms with Crippen LogP contribution < -0.4 is 0 Å². The smallest absolute Gasteiger partial charge is 0.410 e. The Bertz CT molecular complexity index is 1310. The Morgan fingerprint density at radius 3 is 2.48 bits per heavy atom. The monoisotopic (exact) mass is 481 g/mol. The van der Waals surface area contributed by atoms with E-state index < -0.39 is 45.7 Å². The molecule has 178 valence electrons. The molecule has 0 aliphatic carbocycles. The summed E-state index contributed by atoms with van der Waals surface area (Å²) >= 11 is 0. The zero-order valence-corrected chi connectivity index (χ0v) is 19.9. The van der Waals surface area contributed by atoms with Gasteiger partial charge in [0, 0.05) is 37.6 Å². The van der Waals surface area contributed by atoms with Crippen LogP contribution >= 0.6 is 0 Å². The maximum Gasteiger partial charge on any atom is 0.410 e. The van der Waals surface area contributed by atoms with Gasteiger partial charge >= 0.3 is 6.09 Å². The number of hydrogen-bond donors (Lipinski definition) is 0. The van der Waals surface area contributed by atoms with Gasteiger partial charge in [-0.1, -0.05) is 0 Å². The lowest BCUT2D eigenvalue weighted by Crippen LogP contribution is -2.42. The molecule has 9 nitrogen and oxygen atoms in total. The summed E-state index contributed by atoms with van der Waals surface area (Å²) in [5, 5.41) is 3.93. The van der Waals surface area contributed by atoms with Crippen LogP contribution in [0.1, 0.15) is 32.0 Å². The Labute approximate surface area is 190 Å². The van der Waals surface area contributed by atoms with E-state index in [1.807, 2.05) is 0 Å². The molecular formula is C21H25F2N5O4S. The van der Waals surface area contributed by atoms with E-state index in [0.29, 0.717) is 9.67 Å². The second kappa shape index (κ2) is 8.58. The Kier molecular flexibility index (Phi) is 6.33. The molecule has 0 bridgehead atoms. The molecule has 0 N–H and O–H groups in total. The Morgan fingerprint density at radius 2 is 1.94 bits per heavy atom. The molecule has 12 heteroatoms. The van der Waals surface area contributed by atoms with Crippen LogP contribution in [-0.4, -0.2) is 50.7 Å². The zero-order valence-electron chi connectivity index (χ0n) is 19.1. The van der Waals surface area contributed by atoms with Crippen molar-refractivity contribution in [1.29, 1.82) is 0 Å². The van der Waals surface area contributed by atoms with Crippen LogP contribution in [0.5, 0.6) is 0 Å². The Hall–Kier alpha value is -3.28. The molecule has 33 heavy (non-hydrogen) atoms. The first-order valence-corrected chi connectivity index (χ1v) is 11.4. The van der Waals surface area contributed by atoms with Crippen LogP contribution in [0.15, 0.2) is 35.6 Å². The number of carbonyl (C=O) groups excluding carboxylic acids is 1. The molecule has 1 amide bonds. The van der Waals surface area contributed by atoms with Crippen LogP contribution in [0.4, 0.5) is 13.6 Å². The van der Waals surface area contributed by atoms with E-state index in [9.17, 15) is 17.6 Å². The average Bonchev–Trinajstić information content (AvgIpc) is 3.25. The summed E-state index contributed by atoms with van der Waals surface area (Å²) in [6, 6.07) is 2.57. The number of amides is 1. The van der Waals surface area contributed by atoms with Crippen LogP contribution in [0.3, 0.4) is 0 Å². The molecule has 3 aromatic rings. The van der Waals surface area contributed by atoms with Gasteiger partial charge in [-0.25, -0.2) is 26.6 Å². The van der Waals surface area contributed by atoms with Crippen LogP contribution in [0, 0.1) is 18.7 Å². The van der Waals surface area contributed by atoms with Crippen molar-refractivity contribution in [2.75, 3.05) is 7.05 Å². The molecule has 0 spiro atoms. The number of pyridine rings is 1. The van der Waals surface area contributed by atoms with Crippen LogP contribution in [-0.2, 0) is 28.4 Å². The third-order valence-corrected chi connectivity index (χ3v) is 7.12. The molecule has 0 radical (unpaired) electrons. The summed E-state index contributed by atoms with van der Waals surface area (Å²) in [5.74, 6) is -2.09. The number of aryl methyl sites for hydroxylation is 1. The largest absolute Gasteiger partial charge is 0.444 e. The van der Waals surface area contributed by atoms with Crippen molar-refractivity contribution < 1.29 is 26.7 Å². The minimum atomic E-state index is -4.38. The maximum absolute atomic E-state index is 15.5. The van der Waals surface area contributed by atoms with Crippen molar-refractivity contribution in [2.45, 2.75) is 44.7 Å². The molecule has 3 rings (SSSR count). The number of hydrogen-bond acceptors (Lipinski definition) is 6. The highest BCUT2D eigenvalue weighted by Crippen LogP contribution is 2.33. The fraction of sp³-hybridized carbons (Fsp3) is 0.381. The molecule has 3 aromatic heterocycles. The molecule has 0 atom stereocenters. The molecular weight excluding hydrogens is 456 g/mol. The van der Waals surface area contributed by atoms with E-state index >= 15 is 4.39 Å². The molecule has 0 unspecified atom stereocenters. The Morgan fingerprint density at radius 1 is 1.27 bits per heavy atom. The van der Waals surface area contributed by atoms with Gasteiger partial charge in [0.25, 0.3) is 10.0 Å². The number of halogens is 2. The number of ether oxygens (including phenoxy) is 1. The second-order valence-electron chi connectivity index (χ2n) is 8.46. The van der Waals surface area contributed by atoms with Crippen LogP contribution in [0.25, 0.3) is 11.3 Å². The van der Waals surface area contributed by atoms with Gasteiger partial charge in [0.1, 0.15) is 17.2 Å². The van der Waals surface area contributed by atoms with E-state index in [1.165, 1.54) is 35.7 Å². The lowest BCUT2D eigenvalue weighted by atomic mass is 10.1. The fourth-order valence-corrected chi connectivity index (χ4v) is 4.53. The summed E-state index contributed by atoms with van der Waals surface area (Å²) < 4.78 is 63.9. The Balaban J connectivity index is 2.13. The summed E-state index contributed by atoms with van der Waals surface area (Å²) in [7, 11) is -1.29. The van der Waals surface area contributed by atoms with Gasteiger partial charge in [0.15, 0.2) is 5.82 Å². The lowest BCUT2D eigenvalue weighted by Gasteiger charge is -2.30. The highest BCUT2D eigenvalue weighted by atomic mass is 32.2. The first-order valence-electron chi connectivity index (χ1n) is 9.92. The minimum Gasteiger partial charge on any atom is -0.444 e. The van der Waals surface area contributed by atoms with Crippen molar-refractivity contribution in [3.63, 3.8) is 0 Å². The maximum atomic E-state index is 15.5. The number of rotatable bonds is 5. The summed E-state index contributed by atoms with van der Waals surface area (Å²) in [4.78, 5) is 17.0. The number of carbonyl (C=O) groups is 1. The molecule has 3 heterocycles. The van der Waals surface area contributed by atoms with E-state index in [1.54, 1.807) is 27.8 Å². The van der Waals surface area contributed by atoms with Gasteiger partial charge in [-0.05, 0) is 39.8 Å². The third kappa shape index (κ3) is 4.47. The van der Waals surface area contributed by atoms with Gasteiger partial charge in [-0.15, -0.1) is 0 Å². The van der Waals surface area contributed by atoms with Crippen molar-refractivity contribution in [3.05, 3.63) is 53.7 Å². The number of aromatic nitrogens is 4. The SMILES string of the molecule is Cc1c(S(=O)(=O)n2cc(COC(=O)N(C)C(C)(C)C)c(F)c2-c2cccnc2F)cnn1C. The summed E-state index contributed by atoms with van der Waals surface area (Å²) in [6.45, 7) is 6.34. The minimum absolute atomic E-state index is 0.179. The van der Waals surface area contributed by atoms with Gasteiger partial charge in [0.2, 0.25) is 5.95 Å². The molecule has 0 aliphatic rings. The highest BCUT2D eigenvalue weighted by Gasteiger charge is 2.31. The molecule has 0 fully saturated rings.